The SMILES string of the molecule is CCCCCCCCCCCCC(C)(N)CCCCCCCCCCC. The number of rotatable bonds is 21. The minimum Gasteiger partial charge on any atom is -0.325 e. The fraction of sp³-hybridized carbons (Fsp3) is 1.00. The maximum atomic E-state index is 6.52. The molecule has 0 aromatic heterocycles. The Morgan fingerprint density at radius 2 is 0.654 bits per heavy atom. The van der Waals surface area contributed by atoms with Crippen LogP contribution in [0.4, 0.5) is 0 Å². The molecule has 1 heteroatoms. The molecule has 158 valence electrons. The van der Waals surface area contributed by atoms with Crippen LogP contribution in [0, 0.1) is 0 Å². The van der Waals surface area contributed by atoms with E-state index < -0.39 is 0 Å². The third-order valence-electron chi connectivity index (χ3n) is 5.95. The molecule has 0 heterocycles. The Bertz CT molecular complexity index is 259. The van der Waals surface area contributed by atoms with Crippen LogP contribution in [0.5, 0.6) is 0 Å². The van der Waals surface area contributed by atoms with Crippen molar-refractivity contribution in [3.05, 3.63) is 0 Å². The van der Waals surface area contributed by atoms with Gasteiger partial charge in [-0.3, -0.25) is 0 Å². The van der Waals surface area contributed by atoms with Crippen LogP contribution in [0.1, 0.15) is 156 Å². The highest BCUT2D eigenvalue weighted by Crippen LogP contribution is 2.21. The standard InChI is InChI=1S/C25H53N/c1-4-6-8-10-12-14-16-18-20-22-24-25(3,26)23-21-19-17-15-13-11-9-7-5-2/h4-24,26H2,1-3H3. The van der Waals surface area contributed by atoms with Crippen molar-refractivity contribution in [3.8, 4) is 0 Å². The van der Waals surface area contributed by atoms with Crippen molar-refractivity contribution < 1.29 is 0 Å². The highest BCUT2D eigenvalue weighted by Gasteiger charge is 2.16. The third-order valence-corrected chi connectivity index (χ3v) is 5.95. The Hall–Kier alpha value is -0.0400. The first-order chi connectivity index (χ1) is 12.6. The highest BCUT2D eigenvalue weighted by molar-refractivity contribution is 4.78. The summed E-state index contributed by atoms with van der Waals surface area (Å²) >= 11 is 0. The minimum atomic E-state index is 0.0846. The molecule has 0 aliphatic rings. The summed E-state index contributed by atoms with van der Waals surface area (Å²) in [6.45, 7) is 6.87. The van der Waals surface area contributed by atoms with Gasteiger partial charge in [0.1, 0.15) is 0 Å². The van der Waals surface area contributed by atoms with Gasteiger partial charge >= 0.3 is 0 Å². The summed E-state index contributed by atoms with van der Waals surface area (Å²) in [6.07, 6.45) is 29.3. The summed E-state index contributed by atoms with van der Waals surface area (Å²) in [7, 11) is 0. The lowest BCUT2D eigenvalue weighted by Gasteiger charge is -2.24. The van der Waals surface area contributed by atoms with Gasteiger partial charge in [-0.15, -0.1) is 0 Å². The summed E-state index contributed by atoms with van der Waals surface area (Å²) in [5, 5.41) is 0. The molecule has 0 amide bonds. The number of hydrogen-bond donors (Lipinski definition) is 1. The summed E-state index contributed by atoms with van der Waals surface area (Å²) in [4.78, 5) is 0. The van der Waals surface area contributed by atoms with E-state index in [1.54, 1.807) is 0 Å². The molecule has 0 bridgehead atoms. The second-order valence-electron chi connectivity index (χ2n) is 9.16. The van der Waals surface area contributed by atoms with E-state index in [0.717, 1.165) is 0 Å². The molecular weight excluding hydrogens is 314 g/mol. The van der Waals surface area contributed by atoms with Crippen molar-refractivity contribution in [1.82, 2.24) is 0 Å². The summed E-state index contributed by atoms with van der Waals surface area (Å²) in [5.41, 5.74) is 6.61. The molecule has 0 saturated carbocycles. The molecule has 0 aliphatic heterocycles. The predicted molar refractivity (Wildman–Crippen MR) is 121 cm³/mol. The van der Waals surface area contributed by atoms with Crippen LogP contribution >= 0.6 is 0 Å². The molecular formula is C25H53N. The van der Waals surface area contributed by atoms with Gasteiger partial charge in [0.05, 0.1) is 0 Å². The third kappa shape index (κ3) is 20.3. The van der Waals surface area contributed by atoms with E-state index in [4.69, 9.17) is 5.73 Å². The molecule has 1 unspecified atom stereocenters. The minimum absolute atomic E-state index is 0.0846. The number of nitrogens with two attached hydrogens (primary N) is 1. The van der Waals surface area contributed by atoms with Crippen LogP contribution in [0.2, 0.25) is 0 Å². The van der Waals surface area contributed by atoms with E-state index in [-0.39, 0.29) is 5.54 Å². The van der Waals surface area contributed by atoms with Crippen molar-refractivity contribution >= 4 is 0 Å². The number of hydrogen-bond acceptors (Lipinski definition) is 1. The molecule has 0 aliphatic carbocycles. The zero-order valence-corrected chi connectivity index (χ0v) is 18.9. The fourth-order valence-corrected chi connectivity index (χ4v) is 3.98. The van der Waals surface area contributed by atoms with Crippen LogP contribution in [0.25, 0.3) is 0 Å². The van der Waals surface area contributed by atoms with E-state index in [0.29, 0.717) is 0 Å². The van der Waals surface area contributed by atoms with Crippen molar-refractivity contribution in [1.29, 1.82) is 0 Å². The smallest absolute Gasteiger partial charge is 0.0125 e. The zero-order valence-electron chi connectivity index (χ0n) is 18.9. The van der Waals surface area contributed by atoms with Crippen molar-refractivity contribution in [2.45, 2.75) is 161 Å². The monoisotopic (exact) mass is 367 g/mol. The van der Waals surface area contributed by atoms with Gasteiger partial charge in [0.2, 0.25) is 0 Å². The molecule has 2 N–H and O–H groups in total. The summed E-state index contributed by atoms with van der Waals surface area (Å²) in [5.74, 6) is 0. The molecule has 0 aromatic rings. The van der Waals surface area contributed by atoms with Crippen molar-refractivity contribution in [2.24, 2.45) is 5.73 Å². The second-order valence-corrected chi connectivity index (χ2v) is 9.16. The lowest BCUT2D eigenvalue weighted by molar-refractivity contribution is 0.363. The van der Waals surface area contributed by atoms with Crippen LogP contribution < -0.4 is 5.73 Å². The summed E-state index contributed by atoms with van der Waals surface area (Å²) < 4.78 is 0. The van der Waals surface area contributed by atoms with Gasteiger partial charge in [-0.25, -0.2) is 0 Å². The van der Waals surface area contributed by atoms with E-state index in [1.807, 2.05) is 0 Å². The lowest BCUT2D eigenvalue weighted by Crippen LogP contribution is -2.35. The van der Waals surface area contributed by atoms with Gasteiger partial charge in [-0.1, -0.05) is 136 Å². The molecule has 0 aromatic carbocycles. The molecule has 1 nitrogen and oxygen atoms in total. The van der Waals surface area contributed by atoms with Crippen LogP contribution in [0.15, 0.2) is 0 Å². The van der Waals surface area contributed by atoms with E-state index in [2.05, 4.69) is 20.8 Å². The Morgan fingerprint density at radius 3 is 0.923 bits per heavy atom. The Balaban J connectivity index is 3.31. The van der Waals surface area contributed by atoms with Crippen LogP contribution in [0.3, 0.4) is 0 Å². The molecule has 0 rings (SSSR count). The largest absolute Gasteiger partial charge is 0.325 e. The predicted octanol–water partition coefficient (Wildman–Crippen LogP) is 8.94. The highest BCUT2D eigenvalue weighted by atomic mass is 14.7. The fourth-order valence-electron chi connectivity index (χ4n) is 3.98. The topological polar surface area (TPSA) is 26.0 Å². The lowest BCUT2D eigenvalue weighted by atomic mass is 9.89. The van der Waals surface area contributed by atoms with Crippen molar-refractivity contribution in [2.75, 3.05) is 0 Å². The van der Waals surface area contributed by atoms with E-state index in [9.17, 15) is 0 Å². The molecule has 26 heavy (non-hydrogen) atoms. The average Bonchev–Trinajstić information content (AvgIpc) is 2.62. The maximum absolute atomic E-state index is 6.52. The first kappa shape index (κ1) is 26.0. The first-order valence-corrected chi connectivity index (χ1v) is 12.4. The second kappa shape index (κ2) is 19.7. The Morgan fingerprint density at radius 1 is 0.423 bits per heavy atom. The van der Waals surface area contributed by atoms with Crippen LogP contribution in [-0.2, 0) is 0 Å². The van der Waals surface area contributed by atoms with Crippen molar-refractivity contribution in [3.63, 3.8) is 0 Å². The molecule has 0 spiro atoms. The van der Waals surface area contributed by atoms with E-state index >= 15 is 0 Å². The normalized spacial score (nSPS) is 13.8. The maximum Gasteiger partial charge on any atom is 0.0125 e. The number of unbranched alkanes of at least 4 members (excludes halogenated alkanes) is 17. The van der Waals surface area contributed by atoms with Gasteiger partial charge in [0.25, 0.3) is 0 Å². The van der Waals surface area contributed by atoms with Gasteiger partial charge in [-0.2, -0.15) is 0 Å². The molecule has 0 saturated heterocycles. The Kier molecular flexibility index (Phi) is 19.7. The summed E-state index contributed by atoms with van der Waals surface area (Å²) in [6, 6.07) is 0. The van der Waals surface area contributed by atoms with Gasteiger partial charge in [0.15, 0.2) is 0 Å². The van der Waals surface area contributed by atoms with Crippen LogP contribution in [-0.4, -0.2) is 5.54 Å². The molecule has 1 atom stereocenters. The van der Waals surface area contributed by atoms with E-state index in [1.165, 1.54) is 135 Å². The molecule has 0 radical (unpaired) electrons. The first-order valence-electron chi connectivity index (χ1n) is 12.4. The molecule has 0 fully saturated rings. The quantitative estimate of drug-likeness (QED) is 0.201. The zero-order chi connectivity index (χ0) is 19.3. The average molecular weight is 368 g/mol. The Labute approximate surface area is 167 Å². The van der Waals surface area contributed by atoms with Gasteiger partial charge in [-0.05, 0) is 19.8 Å². The van der Waals surface area contributed by atoms with Gasteiger partial charge < -0.3 is 5.73 Å². The van der Waals surface area contributed by atoms with Gasteiger partial charge in [0, 0.05) is 5.54 Å².